The molecule has 0 amide bonds. The first kappa shape index (κ1) is 20.4. The monoisotopic (exact) mass is 412 g/mol. The molecule has 2 heterocycles. The van der Waals surface area contributed by atoms with E-state index in [-0.39, 0.29) is 5.82 Å². The Bertz CT molecular complexity index is 968. The van der Waals surface area contributed by atoms with Crippen molar-refractivity contribution < 1.29 is 8.81 Å². The number of anilines is 1. The van der Waals surface area contributed by atoms with Gasteiger partial charge < -0.3 is 15.1 Å². The van der Waals surface area contributed by atoms with Gasteiger partial charge in [0.1, 0.15) is 11.6 Å². The van der Waals surface area contributed by atoms with Crippen LogP contribution in [0.1, 0.15) is 22.7 Å². The number of furan rings is 1. The summed E-state index contributed by atoms with van der Waals surface area (Å²) < 4.78 is 18.4. The second-order valence-electron chi connectivity index (χ2n) is 6.28. The molecule has 0 radical (unpaired) electrons. The van der Waals surface area contributed by atoms with Gasteiger partial charge in [0.15, 0.2) is 5.11 Å². The highest BCUT2D eigenvalue weighted by molar-refractivity contribution is 7.80. The predicted octanol–water partition coefficient (Wildman–Crippen LogP) is 3.46. The molecule has 1 aromatic carbocycles. The molecule has 150 valence electrons. The summed E-state index contributed by atoms with van der Waals surface area (Å²) in [5, 5.41) is 9.47. The second kappa shape index (κ2) is 9.74. The molecule has 0 aliphatic carbocycles. The van der Waals surface area contributed by atoms with Crippen LogP contribution in [0.4, 0.5) is 10.3 Å². The van der Waals surface area contributed by atoms with Crippen LogP contribution < -0.4 is 16.0 Å². The molecule has 0 unspecified atom stereocenters. The summed E-state index contributed by atoms with van der Waals surface area (Å²) in [5.41, 5.74) is 2.51. The Morgan fingerprint density at radius 2 is 1.86 bits per heavy atom. The summed E-state index contributed by atoms with van der Waals surface area (Å²) in [6, 6.07) is 11.7. The van der Waals surface area contributed by atoms with Gasteiger partial charge in [-0.15, -0.1) is 0 Å². The third-order valence-electron chi connectivity index (χ3n) is 3.78. The fourth-order valence-electron chi connectivity index (χ4n) is 2.49. The Labute approximate surface area is 173 Å². The molecule has 0 fully saturated rings. The Balaban J connectivity index is 1.71. The van der Waals surface area contributed by atoms with Crippen molar-refractivity contribution in [1.29, 1.82) is 0 Å². The van der Waals surface area contributed by atoms with Gasteiger partial charge in [0.25, 0.3) is 0 Å². The fraction of sp³-hybridized carbons (Fsp3) is 0.200. The van der Waals surface area contributed by atoms with E-state index in [1.165, 1.54) is 12.1 Å². The van der Waals surface area contributed by atoms with Crippen molar-refractivity contribution in [2.24, 2.45) is 4.99 Å². The molecule has 0 aliphatic heterocycles. The molecule has 3 rings (SSSR count). The van der Waals surface area contributed by atoms with Crippen LogP contribution in [0, 0.1) is 19.7 Å². The van der Waals surface area contributed by atoms with E-state index in [1.54, 1.807) is 18.4 Å². The SMILES string of the molecule is Cc1cc(C)nc(NC(=NCc2ccc(F)cc2)NC(=S)NCc2ccco2)n1. The minimum atomic E-state index is -0.291. The fourth-order valence-corrected chi connectivity index (χ4v) is 2.66. The van der Waals surface area contributed by atoms with Gasteiger partial charge in [-0.05, 0) is 62.0 Å². The molecule has 9 heteroatoms. The summed E-state index contributed by atoms with van der Waals surface area (Å²) in [4.78, 5) is 13.2. The summed E-state index contributed by atoms with van der Waals surface area (Å²) in [5.74, 6) is 1.24. The van der Waals surface area contributed by atoms with Gasteiger partial charge in [-0.3, -0.25) is 5.32 Å². The number of hydrogen-bond donors (Lipinski definition) is 3. The zero-order chi connectivity index (χ0) is 20.6. The number of aromatic nitrogens is 2. The molecule has 7 nitrogen and oxygen atoms in total. The minimum absolute atomic E-state index is 0.291. The van der Waals surface area contributed by atoms with Crippen molar-refractivity contribution in [3.63, 3.8) is 0 Å². The van der Waals surface area contributed by atoms with Crippen LogP contribution in [0.2, 0.25) is 0 Å². The molecule has 0 spiro atoms. The van der Waals surface area contributed by atoms with Gasteiger partial charge in [0, 0.05) is 11.4 Å². The van der Waals surface area contributed by atoms with Gasteiger partial charge in [-0.2, -0.15) is 0 Å². The lowest BCUT2D eigenvalue weighted by molar-refractivity contribution is 0.503. The van der Waals surface area contributed by atoms with Crippen LogP contribution in [0.25, 0.3) is 0 Å². The van der Waals surface area contributed by atoms with E-state index in [0.717, 1.165) is 22.7 Å². The number of guanidine groups is 1. The second-order valence-corrected chi connectivity index (χ2v) is 6.69. The van der Waals surface area contributed by atoms with Crippen molar-refractivity contribution in [1.82, 2.24) is 20.6 Å². The molecule has 3 N–H and O–H groups in total. The van der Waals surface area contributed by atoms with Crippen molar-refractivity contribution in [3.05, 3.63) is 77.3 Å². The van der Waals surface area contributed by atoms with Crippen molar-refractivity contribution in [3.8, 4) is 0 Å². The number of aliphatic imine (C=N–C) groups is 1. The molecule has 0 aliphatic rings. The maximum absolute atomic E-state index is 13.1. The molecule has 0 saturated heterocycles. The largest absolute Gasteiger partial charge is 0.467 e. The zero-order valence-electron chi connectivity index (χ0n) is 16.1. The molecule has 0 bridgehead atoms. The lowest BCUT2D eigenvalue weighted by atomic mass is 10.2. The quantitative estimate of drug-likeness (QED) is 0.336. The van der Waals surface area contributed by atoms with Gasteiger partial charge in [-0.25, -0.2) is 19.4 Å². The van der Waals surface area contributed by atoms with Crippen LogP contribution >= 0.6 is 12.2 Å². The van der Waals surface area contributed by atoms with Gasteiger partial charge in [0.05, 0.1) is 19.4 Å². The first-order valence-electron chi connectivity index (χ1n) is 8.93. The number of aryl methyl sites for hydroxylation is 2. The van der Waals surface area contributed by atoms with Crippen molar-refractivity contribution >= 4 is 29.2 Å². The van der Waals surface area contributed by atoms with Crippen molar-refractivity contribution in [2.75, 3.05) is 5.32 Å². The summed E-state index contributed by atoms with van der Waals surface area (Å²) in [6.07, 6.45) is 1.60. The van der Waals surface area contributed by atoms with Crippen LogP contribution in [0.5, 0.6) is 0 Å². The molecular formula is C20H21FN6OS. The topological polar surface area (TPSA) is 87.4 Å². The maximum atomic E-state index is 13.1. The Kier molecular flexibility index (Phi) is 6.85. The smallest absolute Gasteiger partial charge is 0.229 e. The number of halogens is 1. The molecule has 0 atom stereocenters. The van der Waals surface area contributed by atoms with Crippen LogP contribution in [-0.2, 0) is 13.1 Å². The number of thiocarbonyl (C=S) groups is 1. The van der Waals surface area contributed by atoms with E-state index in [1.807, 2.05) is 32.0 Å². The number of rotatable bonds is 5. The summed E-state index contributed by atoms with van der Waals surface area (Å²) >= 11 is 5.34. The number of nitrogens with zero attached hydrogens (tertiary/aromatic N) is 3. The van der Waals surface area contributed by atoms with E-state index >= 15 is 0 Å². The summed E-state index contributed by atoms with van der Waals surface area (Å²) in [6.45, 7) is 4.53. The lowest BCUT2D eigenvalue weighted by Gasteiger charge is -2.14. The molecule has 3 aromatic rings. The predicted molar refractivity (Wildman–Crippen MR) is 114 cm³/mol. The van der Waals surface area contributed by atoms with Gasteiger partial charge in [0.2, 0.25) is 11.9 Å². The van der Waals surface area contributed by atoms with E-state index in [4.69, 9.17) is 16.6 Å². The van der Waals surface area contributed by atoms with E-state index in [9.17, 15) is 4.39 Å². The highest BCUT2D eigenvalue weighted by Gasteiger charge is 2.07. The third-order valence-corrected chi connectivity index (χ3v) is 4.03. The Morgan fingerprint density at radius 3 is 2.52 bits per heavy atom. The first-order valence-corrected chi connectivity index (χ1v) is 9.34. The normalized spacial score (nSPS) is 11.2. The molecular weight excluding hydrogens is 391 g/mol. The Morgan fingerprint density at radius 1 is 1.14 bits per heavy atom. The minimum Gasteiger partial charge on any atom is -0.467 e. The van der Waals surface area contributed by atoms with E-state index < -0.39 is 0 Å². The first-order chi connectivity index (χ1) is 14.0. The highest BCUT2D eigenvalue weighted by atomic mass is 32.1. The van der Waals surface area contributed by atoms with E-state index in [2.05, 4.69) is 30.9 Å². The zero-order valence-corrected chi connectivity index (χ0v) is 16.9. The highest BCUT2D eigenvalue weighted by Crippen LogP contribution is 2.06. The van der Waals surface area contributed by atoms with Crippen LogP contribution in [-0.4, -0.2) is 21.0 Å². The maximum Gasteiger partial charge on any atom is 0.229 e. The van der Waals surface area contributed by atoms with Gasteiger partial charge >= 0.3 is 0 Å². The summed E-state index contributed by atoms with van der Waals surface area (Å²) in [7, 11) is 0. The average Bonchev–Trinajstić information content (AvgIpc) is 3.18. The lowest BCUT2D eigenvalue weighted by Crippen LogP contribution is -2.42. The van der Waals surface area contributed by atoms with Gasteiger partial charge in [-0.1, -0.05) is 12.1 Å². The molecule has 2 aromatic heterocycles. The van der Waals surface area contributed by atoms with Crippen LogP contribution in [0.3, 0.4) is 0 Å². The average molecular weight is 412 g/mol. The van der Waals surface area contributed by atoms with Crippen LogP contribution in [0.15, 0.2) is 58.1 Å². The number of hydrogen-bond acceptors (Lipinski definition) is 5. The Hall–Kier alpha value is -3.33. The standard InChI is InChI=1S/C20H21FN6OS/c1-13-10-14(2)25-19(24-13)26-18(22-11-15-5-7-16(21)8-6-15)27-20(29)23-12-17-4-3-9-28-17/h3-10H,11-12H2,1-2H3,(H3,22,23,24,25,26,27,29). The third kappa shape index (κ3) is 6.65. The molecule has 0 saturated carbocycles. The van der Waals surface area contributed by atoms with E-state index in [0.29, 0.717) is 30.1 Å². The van der Waals surface area contributed by atoms with Crippen molar-refractivity contribution in [2.45, 2.75) is 26.9 Å². The number of benzene rings is 1. The number of nitrogens with one attached hydrogen (secondary N) is 3. The molecule has 29 heavy (non-hydrogen) atoms.